The van der Waals surface area contributed by atoms with E-state index in [1.54, 1.807) is 7.11 Å². The van der Waals surface area contributed by atoms with Gasteiger partial charge in [0.1, 0.15) is 0 Å². The van der Waals surface area contributed by atoms with Crippen LogP contribution in [0.15, 0.2) is 0 Å². The third-order valence-electron chi connectivity index (χ3n) is 2.13. The van der Waals surface area contributed by atoms with Crippen LogP contribution in [0.4, 0.5) is 0 Å². The van der Waals surface area contributed by atoms with E-state index < -0.39 is 0 Å². The van der Waals surface area contributed by atoms with Crippen LogP contribution in [0.1, 0.15) is 20.8 Å². The molecule has 0 aliphatic carbocycles. The van der Waals surface area contributed by atoms with Gasteiger partial charge < -0.3 is 15.0 Å². The Kier molecular flexibility index (Phi) is 7.42. The van der Waals surface area contributed by atoms with Crippen molar-refractivity contribution in [1.82, 2.24) is 10.2 Å². The molecule has 0 fully saturated rings. The Morgan fingerprint density at radius 1 is 1.43 bits per heavy atom. The van der Waals surface area contributed by atoms with Crippen molar-refractivity contribution in [3.8, 4) is 0 Å². The predicted molar refractivity (Wildman–Crippen MR) is 57.3 cm³/mol. The molecule has 1 N–H and O–H groups in total. The summed E-state index contributed by atoms with van der Waals surface area (Å²) in [5, 5.41) is 3.12. The number of rotatable bonds is 7. The minimum Gasteiger partial charge on any atom is -0.383 e. The molecule has 0 heterocycles. The monoisotopic (exact) mass is 202 g/mol. The normalized spacial score (nSPS) is 12.6. The second-order valence-corrected chi connectivity index (χ2v) is 3.30. The molecule has 4 heteroatoms. The van der Waals surface area contributed by atoms with E-state index in [1.807, 2.05) is 25.7 Å². The standard InChI is InChI=1S/C10H22N2O2/c1-5-12(6-2)10(13)7-11-9(3)8-14-4/h9,11H,5-8H2,1-4H3. The van der Waals surface area contributed by atoms with Gasteiger partial charge in [-0.2, -0.15) is 0 Å². The molecule has 0 aliphatic rings. The van der Waals surface area contributed by atoms with E-state index >= 15 is 0 Å². The summed E-state index contributed by atoms with van der Waals surface area (Å²) in [7, 11) is 1.66. The number of nitrogens with zero attached hydrogens (tertiary/aromatic N) is 1. The molecule has 0 saturated heterocycles. The summed E-state index contributed by atoms with van der Waals surface area (Å²) in [4.78, 5) is 13.3. The first-order chi connectivity index (χ1) is 6.65. The van der Waals surface area contributed by atoms with Crippen LogP contribution in [0, 0.1) is 0 Å². The summed E-state index contributed by atoms with van der Waals surface area (Å²) < 4.78 is 4.96. The third-order valence-corrected chi connectivity index (χ3v) is 2.13. The maximum atomic E-state index is 11.5. The van der Waals surface area contributed by atoms with Crippen LogP contribution in [-0.4, -0.2) is 50.2 Å². The Labute approximate surface area is 86.6 Å². The van der Waals surface area contributed by atoms with E-state index in [4.69, 9.17) is 4.74 Å². The highest BCUT2D eigenvalue weighted by molar-refractivity contribution is 5.78. The zero-order valence-electron chi connectivity index (χ0n) is 9.67. The van der Waals surface area contributed by atoms with Gasteiger partial charge in [0, 0.05) is 26.2 Å². The van der Waals surface area contributed by atoms with Crippen LogP contribution in [-0.2, 0) is 9.53 Å². The highest BCUT2D eigenvalue weighted by atomic mass is 16.5. The Hall–Kier alpha value is -0.610. The number of carbonyl (C=O) groups is 1. The maximum Gasteiger partial charge on any atom is 0.236 e. The number of ether oxygens (including phenoxy) is 1. The van der Waals surface area contributed by atoms with Crippen molar-refractivity contribution >= 4 is 5.91 Å². The van der Waals surface area contributed by atoms with Gasteiger partial charge in [0.25, 0.3) is 0 Å². The Morgan fingerprint density at radius 3 is 2.43 bits per heavy atom. The van der Waals surface area contributed by atoms with Crippen molar-refractivity contribution in [2.75, 3.05) is 33.4 Å². The van der Waals surface area contributed by atoms with E-state index in [0.29, 0.717) is 13.2 Å². The summed E-state index contributed by atoms with van der Waals surface area (Å²) in [5.74, 6) is 0.151. The Bertz CT molecular complexity index is 158. The van der Waals surface area contributed by atoms with Crippen molar-refractivity contribution < 1.29 is 9.53 Å². The van der Waals surface area contributed by atoms with Crippen molar-refractivity contribution in [1.29, 1.82) is 0 Å². The van der Waals surface area contributed by atoms with Gasteiger partial charge in [-0.1, -0.05) is 0 Å². The lowest BCUT2D eigenvalue weighted by atomic mass is 10.3. The lowest BCUT2D eigenvalue weighted by Gasteiger charge is -2.20. The van der Waals surface area contributed by atoms with E-state index in [2.05, 4.69) is 5.32 Å². The maximum absolute atomic E-state index is 11.5. The topological polar surface area (TPSA) is 41.6 Å². The van der Waals surface area contributed by atoms with Gasteiger partial charge in [0.15, 0.2) is 0 Å². The Morgan fingerprint density at radius 2 is 2.00 bits per heavy atom. The molecule has 0 spiro atoms. The van der Waals surface area contributed by atoms with E-state index in [9.17, 15) is 4.79 Å². The lowest BCUT2D eigenvalue weighted by molar-refractivity contribution is -0.130. The SMILES string of the molecule is CCN(CC)C(=O)CNC(C)COC. The molecular weight excluding hydrogens is 180 g/mol. The average Bonchev–Trinajstić information content (AvgIpc) is 2.17. The smallest absolute Gasteiger partial charge is 0.236 e. The van der Waals surface area contributed by atoms with E-state index in [-0.39, 0.29) is 11.9 Å². The van der Waals surface area contributed by atoms with Gasteiger partial charge in [-0.15, -0.1) is 0 Å². The molecule has 0 bridgehead atoms. The highest BCUT2D eigenvalue weighted by Gasteiger charge is 2.10. The molecule has 0 aromatic rings. The van der Waals surface area contributed by atoms with Gasteiger partial charge in [0.05, 0.1) is 13.2 Å². The number of carbonyl (C=O) groups excluding carboxylic acids is 1. The van der Waals surface area contributed by atoms with Gasteiger partial charge in [0.2, 0.25) is 5.91 Å². The average molecular weight is 202 g/mol. The first kappa shape index (κ1) is 13.4. The van der Waals surface area contributed by atoms with E-state index in [1.165, 1.54) is 0 Å². The summed E-state index contributed by atoms with van der Waals surface area (Å²) in [6.07, 6.45) is 0. The van der Waals surface area contributed by atoms with Crippen LogP contribution < -0.4 is 5.32 Å². The van der Waals surface area contributed by atoms with Crippen LogP contribution in [0.25, 0.3) is 0 Å². The molecule has 0 rings (SSSR count). The number of amides is 1. The quantitative estimate of drug-likeness (QED) is 0.653. The number of hydrogen-bond donors (Lipinski definition) is 1. The van der Waals surface area contributed by atoms with Crippen molar-refractivity contribution in [3.63, 3.8) is 0 Å². The van der Waals surface area contributed by atoms with Crippen molar-refractivity contribution in [2.45, 2.75) is 26.8 Å². The number of methoxy groups -OCH3 is 1. The first-order valence-corrected chi connectivity index (χ1v) is 5.15. The number of likely N-dealkylation sites (N-methyl/N-ethyl adjacent to an activating group) is 1. The number of nitrogens with one attached hydrogen (secondary N) is 1. The fourth-order valence-corrected chi connectivity index (χ4v) is 1.26. The Balaban J connectivity index is 3.71. The highest BCUT2D eigenvalue weighted by Crippen LogP contribution is 1.89. The second kappa shape index (κ2) is 7.76. The zero-order valence-corrected chi connectivity index (χ0v) is 9.67. The van der Waals surface area contributed by atoms with Crippen LogP contribution in [0.5, 0.6) is 0 Å². The van der Waals surface area contributed by atoms with Crippen molar-refractivity contribution in [2.24, 2.45) is 0 Å². The molecule has 1 amide bonds. The fourth-order valence-electron chi connectivity index (χ4n) is 1.26. The van der Waals surface area contributed by atoms with Gasteiger partial charge in [-0.05, 0) is 20.8 Å². The van der Waals surface area contributed by atoms with Crippen LogP contribution in [0.2, 0.25) is 0 Å². The molecule has 84 valence electrons. The van der Waals surface area contributed by atoms with Gasteiger partial charge in [-0.3, -0.25) is 4.79 Å². The minimum atomic E-state index is 0.151. The summed E-state index contributed by atoms with van der Waals surface area (Å²) in [5.41, 5.74) is 0. The molecule has 0 aromatic carbocycles. The predicted octanol–water partition coefficient (Wildman–Crippen LogP) is 0.479. The summed E-state index contributed by atoms with van der Waals surface area (Å²) in [6.45, 7) is 8.54. The van der Waals surface area contributed by atoms with Gasteiger partial charge >= 0.3 is 0 Å². The largest absolute Gasteiger partial charge is 0.383 e. The zero-order chi connectivity index (χ0) is 11.0. The van der Waals surface area contributed by atoms with Crippen LogP contribution >= 0.6 is 0 Å². The molecule has 0 radical (unpaired) electrons. The molecule has 14 heavy (non-hydrogen) atoms. The van der Waals surface area contributed by atoms with Gasteiger partial charge in [-0.25, -0.2) is 0 Å². The van der Waals surface area contributed by atoms with E-state index in [0.717, 1.165) is 13.1 Å². The second-order valence-electron chi connectivity index (χ2n) is 3.30. The lowest BCUT2D eigenvalue weighted by Crippen LogP contribution is -2.41. The summed E-state index contributed by atoms with van der Waals surface area (Å²) >= 11 is 0. The molecule has 0 aromatic heterocycles. The fraction of sp³-hybridized carbons (Fsp3) is 0.900. The molecule has 0 aliphatic heterocycles. The molecule has 1 unspecified atom stereocenters. The number of hydrogen-bond acceptors (Lipinski definition) is 3. The molecule has 0 saturated carbocycles. The third kappa shape index (κ3) is 5.19. The first-order valence-electron chi connectivity index (χ1n) is 5.15. The van der Waals surface area contributed by atoms with Crippen LogP contribution in [0.3, 0.4) is 0 Å². The molecule has 1 atom stereocenters. The minimum absolute atomic E-state index is 0.151. The molecule has 4 nitrogen and oxygen atoms in total. The molecular formula is C10H22N2O2. The summed E-state index contributed by atoms with van der Waals surface area (Å²) in [6, 6.07) is 0.222. The van der Waals surface area contributed by atoms with Crippen molar-refractivity contribution in [3.05, 3.63) is 0 Å².